The van der Waals surface area contributed by atoms with Crippen LogP contribution in [0.25, 0.3) is 0 Å². The molecular weight excluding hydrogens is 214 g/mol. The number of hydrogen-bond donors (Lipinski definition) is 2. The lowest BCUT2D eigenvalue weighted by molar-refractivity contribution is 0.0513. The van der Waals surface area contributed by atoms with E-state index in [1.54, 1.807) is 0 Å². The van der Waals surface area contributed by atoms with Gasteiger partial charge in [-0.1, -0.05) is 13.0 Å². The van der Waals surface area contributed by atoms with Gasteiger partial charge in [0.1, 0.15) is 0 Å². The van der Waals surface area contributed by atoms with E-state index in [2.05, 4.69) is 0 Å². The van der Waals surface area contributed by atoms with Crippen LogP contribution in [0.5, 0.6) is 0 Å². The molecule has 0 aliphatic carbocycles. The van der Waals surface area contributed by atoms with E-state index in [0.717, 1.165) is 12.1 Å². The maximum Gasteiger partial charge on any atom is 0.159 e. The molecule has 0 spiro atoms. The van der Waals surface area contributed by atoms with Crippen LogP contribution in [-0.4, -0.2) is 23.4 Å². The second kappa shape index (κ2) is 5.37. The van der Waals surface area contributed by atoms with Crippen molar-refractivity contribution in [3.63, 3.8) is 0 Å². The fraction of sp³-hybridized carbons (Fsp3) is 0.500. The maximum atomic E-state index is 13.0. The van der Waals surface area contributed by atoms with Crippen LogP contribution in [-0.2, 0) is 6.42 Å². The molecule has 0 aromatic heterocycles. The lowest BCUT2D eigenvalue weighted by Gasteiger charge is -2.28. The summed E-state index contributed by atoms with van der Waals surface area (Å²) in [4.78, 5) is 0. The molecule has 1 rings (SSSR count). The number of hydrogen-bond acceptors (Lipinski definition) is 2. The highest BCUT2D eigenvalue weighted by molar-refractivity contribution is 5.19. The molecule has 0 bridgehead atoms. The van der Waals surface area contributed by atoms with Gasteiger partial charge in [0.25, 0.3) is 0 Å². The van der Waals surface area contributed by atoms with E-state index in [4.69, 9.17) is 0 Å². The monoisotopic (exact) mass is 230 g/mol. The average Bonchev–Trinajstić information content (AvgIpc) is 2.31. The van der Waals surface area contributed by atoms with Gasteiger partial charge in [0.15, 0.2) is 11.6 Å². The number of rotatable bonds is 5. The molecule has 1 aromatic rings. The van der Waals surface area contributed by atoms with Gasteiger partial charge in [-0.15, -0.1) is 0 Å². The first kappa shape index (κ1) is 13.1. The van der Waals surface area contributed by atoms with Crippen molar-refractivity contribution in [2.75, 3.05) is 13.2 Å². The first-order valence-electron chi connectivity index (χ1n) is 5.22. The lowest BCUT2D eigenvalue weighted by atomic mass is 9.81. The molecule has 0 amide bonds. The van der Waals surface area contributed by atoms with E-state index in [1.165, 1.54) is 6.07 Å². The molecule has 0 aliphatic rings. The maximum absolute atomic E-state index is 13.0. The summed E-state index contributed by atoms with van der Waals surface area (Å²) in [5, 5.41) is 18.5. The summed E-state index contributed by atoms with van der Waals surface area (Å²) in [5.41, 5.74) is -0.0894. The van der Waals surface area contributed by atoms with Gasteiger partial charge in [-0.2, -0.15) is 0 Å². The van der Waals surface area contributed by atoms with Crippen molar-refractivity contribution < 1.29 is 19.0 Å². The fourth-order valence-corrected chi connectivity index (χ4v) is 1.59. The zero-order valence-corrected chi connectivity index (χ0v) is 9.21. The second-order valence-corrected chi connectivity index (χ2v) is 4.10. The number of halogens is 2. The van der Waals surface area contributed by atoms with Crippen LogP contribution in [0.3, 0.4) is 0 Å². The summed E-state index contributed by atoms with van der Waals surface area (Å²) < 4.78 is 25.7. The Morgan fingerprint density at radius 1 is 1.12 bits per heavy atom. The Kier molecular flexibility index (Phi) is 4.38. The van der Waals surface area contributed by atoms with E-state index in [-0.39, 0.29) is 13.2 Å². The van der Waals surface area contributed by atoms with Gasteiger partial charge in [-0.3, -0.25) is 0 Å². The molecule has 0 aliphatic heterocycles. The molecule has 0 heterocycles. The number of aliphatic hydroxyl groups excluding tert-OH is 2. The first-order valence-corrected chi connectivity index (χ1v) is 5.22. The summed E-state index contributed by atoms with van der Waals surface area (Å²) in [6, 6.07) is 3.62. The summed E-state index contributed by atoms with van der Waals surface area (Å²) in [7, 11) is 0. The molecule has 0 radical (unpaired) electrons. The molecule has 2 N–H and O–H groups in total. The predicted octanol–water partition coefficient (Wildman–Crippen LogP) is 1.89. The van der Waals surface area contributed by atoms with Gasteiger partial charge in [0.2, 0.25) is 0 Å². The van der Waals surface area contributed by atoms with Crippen molar-refractivity contribution in [2.45, 2.75) is 19.8 Å². The molecular formula is C12H16F2O2. The standard InChI is InChI=1S/C12H16F2O2/c1-2-12(7-15,8-16)6-9-3-4-10(13)11(14)5-9/h3-5,15-16H,2,6-8H2,1H3. The van der Waals surface area contributed by atoms with E-state index in [9.17, 15) is 19.0 Å². The number of aliphatic hydroxyl groups is 2. The van der Waals surface area contributed by atoms with Crippen LogP contribution in [0.4, 0.5) is 8.78 Å². The van der Waals surface area contributed by atoms with Gasteiger partial charge >= 0.3 is 0 Å². The summed E-state index contributed by atoms with van der Waals surface area (Å²) in [5.74, 6) is -1.79. The van der Waals surface area contributed by atoms with Crippen LogP contribution in [0.1, 0.15) is 18.9 Å². The van der Waals surface area contributed by atoms with E-state index in [1.807, 2.05) is 6.92 Å². The minimum Gasteiger partial charge on any atom is -0.396 e. The zero-order valence-electron chi connectivity index (χ0n) is 9.21. The quantitative estimate of drug-likeness (QED) is 0.811. The Labute approximate surface area is 93.5 Å². The highest BCUT2D eigenvalue weighted by atomic mass is 19.2. The molecule has 4 heteroatoms. The van der Waals surface area contributed by atoms with E-state index >= 15 is 0 Å². The SMILES string of the molecule is CCC(CO)(CO)Cc1ccc(F)c(F)c1. The molecule has 0 atom stereocenters. The highest BCUT2D eigenvalue weighted by Crippen LogP contribution is 2.26. The van der Waals surface area contributed by atoms with Gasteiger partial charge < -0.3 is 10.2 Å². The van der Waals surface area contributed by atoms with Gasteiger partial charge in [0.05, 0.1) is 13.2 Å². The molecule has 2 nitrogen and oxygen atoms in total. The average molecular weight is 230 g/mol. The minimum atomic E-state index is -0.904. The van der Waals surface area contributed by atoms with Crippen molar-refractivity contribution in [2.24, 2.45) is 5.41 Å². The highest BCUT2D eigenvalue weighted by Gasteiger charge is 2.27. The molecule has 1 aromatic carbocycles. The van der Waals surface area contributed by atoms with Crippen molar-refractivity contribution in [1.82, 2.24) is 0 Å². The molecule has 0 saturated heterocycles. The number of benzene rings is 1. The van der Waals surface area contributed by atoms with Gasteiger partial charge in [-0.05, 0) is 30.5 Å². The first-order chi connectivity index (χ1) is 7.56. The fourth-order valence-electron chi connectivity index (χ4n) is 1.59. The topological polar surface area (TPSA) is 40.5 Å². The Balaban J connectivity index is 2.89. The summed E-state index contributed by atoms with van der Waals surface area (Å²) >= 11 is 0. The van der Waals surface area contributed by atoms with Crippen molar-refractivity contribution in [1.29, 1.82) is 0 Å². The van der Waals surface area contributed by atoms with Crippen LogP contribution in [0.2, 0.25) is 0 Å². The third-order valence-corrected chi connectivity index (χ3v) is 2.98. The molecule has 0 fully saturated rings. The van der Waals surface area contributed by atoms with Crippen LogP contribution < -0.4 is 0 Å². The smallest absolute Gasteiger partial charge is 0.159 e. The van der Waals surface area contributed by atoms with Crippen molar-refractivity contribution in [3.8, 4) is 0 Å². The Bertz CT molecular complexity index is 341. The van der Waals surface area contributed by atoms with E-state index < -0.39 is 17.0 Å². The Morgan fingerprint density at radius 2 is 1.75 bits per heavy atom. The van der Waals surface area contributed by atoms with Gasteiger partial charge in [0, 0.05) is 5.41 Å². The Hall–Kier alpha value is -1.00. The molecule has 16 heavy (non-hydrogen) atoms. The van der Waals surface area contributed by atoms with Crippen LogP contribution in [0.15, 0.2) is 18.2 Å². The van der Waals surface area contributed by atoms with Crippen molar-refractivity contribution >= 4 is 0 Å². The zero-order chi connectivity index (χ0) is 12.2. The molecule has 0 saturated carbocycles. The third-order valence-electron chi connectivity index (χ3n) is 2.98. The minimum absolute atomic E-state index is 0.182. The molecule has 0 unspecified atom stereocenters. The normalized spacial score (nSPS) is 11.8. The third kappa shape index (κ3) is 2.77. The van der Waals surface area contributed by atoms with Crippen molar-refractivity contribution in [3.05, 3.63) is 35.4 Å². The van der Waals surface area contributed by atoms with E-state index in [0.29, 0.717) is 18.4 Å². The summed E-state index contributed by atoms with van der Waals surface area (Å²) in [6.45, 7) is 1.48. The largest absolute Gasteiger partial charge is 0.396 e. The van der Waals surface area contributed by atoms with Crippen LogP contribution >= 0.6 is 0 Å². The lowest BCUT2D eigenvalue weighted by Crippen LogP contribution is -2.31. The Morgan fingerprint density at radius 3 is 2.19 bits per heavy atom. The second-order valence-electron chi connectivity index (χ2n) is 4.10. The van der Waals surface area contributed by atoms with Crippen LogP contribution in [0, 0.1) is 17.0 Å². The van der Waals surface area contributed by atoms with Gasteiger partial charge in [-0.25, -0.2) is 8.78 Å². The predicted molar refractivity (Wildman–Crippen MR) is 57.0 cm³/mol. The molecule has 90 valence electrons. The summed E-state index contributed by atoms with van der Waals surface area (Å²) in [6.07, 6.45) is 0.896.